The lowest BCUT2D eigenvalue weighted by Crippen LogP contribution is -1.93. The van der Waals surface area contributed by atoms with Crippen LogP contribution >= 0.6 is 22.6 Å². The molecule has 13 heavy (non-hydrogen) atoms. The van der Waals surface area contributed by atoms with E-state index in [9.17, 15) is 18.9 Å². The molecule has 1 rings (SSSR count). The molecule has 0 atom stereocenters. The summed E-state index contributed by atoms with van der Waals surface area (Å²) in [5, 5.41) is 10.2. The van der Waals surface area contributed by atoms with Gasteiger partial charge in [0.15, 0.2) is 0 Å². The molecule has 0 N–H and O–H groups in total. The summed E-state index contributed by atoms with van der Waals surface area (Å²) in [6.45, 7) is 0. The fourth-order valence-corrected chi connectivity index (χ4v) is 1.54. The number of benzene rings is 1. The zero-order valence-electron chi connectivity index (χ0n) is 6.21. The van der Waals surface area contributed by atoms with E-state index in [0.29, 0.717) is 0 Å². The van der Waals surface area contributed by atoms with Crippen LogP contribution in [0.2, 0.25) is 0 Å². The molecule has 1 aromatic carbocycles. The van der Waals surface area contributed by atoms with Gasteiger partial charge in [-0.1, -0.05) is 0 Å². The van der Waals surface area contributed by atoms with E-state index in [1.165, 1.54) is 0 Å². The van der Waals surface area contributed by atoms with Crippen LogP contribution in [0.4, 0.5) is 14.5 Å². The minimum Gasteiger partial charge on any atom is -0.258 e. The first kappa shape index (κ1) is 10.3. The standard InChI is InChI=1S/C7H4F2INO2/c8-7(9)5-2-1-4(11(12)13)3-6(5)10/h1-3,7H. The largest absolute Gasteiger partial charge is 0.270 e. The molecule has 1 aromatic rings. The first-order chi connectivity index (χ1) is 6.02. The van der Waals surface area contributed by atoms with Crippen molar-refractivity contribution >= 4 is 28.3 Å². The van der Waals surface area contributed by atoms with Gasteiger partial charge in [-0.15, -0.1) is 0 Å². The predicted molar refractivity (Wildman–Crippen MR) is 50.8 cm³/mol. The quantitative estimate of drug-likeness (QED) is 0.478. The van der Waals surface area contributed by atoms with Crippen LogP contribution in [0.1, 0.15) is 12.0 Å². The number of nitro groups is 1. The van der Waals surface area contributed by atoms with Crippen molar-refractivity contribution in [2.75, 3.05) is 0 Å². The summed E-state index contributed by atoms with van der Waals surface area (Å²) in [5.74, 6) is 0. The summed E-state index contributed by atoms with van der Waals surface area (Å²) < 4.78 is 24.6. The van der Waals surface area contributed by atoms with Crippen molar-refractivity contribution in [2.45, 2.75) is 6.43 Å². The number of hydrogen-bond donors (Lipinski definition) is 0. The van der Waals surface area contributed by atoms with Gasteiger partial charge in [0.05, 0.1) is 4.92 Å². The van der Waals surface area contributed by atoms with Gasteiger partial charge in [0, 0.05) is 21.3 Å². The number of nitrogens with zero attached hydrogens (tertiary/aromatic N) is 1. The van der Waals surface area contributed by atoms with Crippen LogP contribution in [0.25, 0.3) is 0 Å². The van der Waals surface area contributed by atoms with E-state index in [1.807, 2.05) is 0 Å². The highest BCUT2D eigenvalue weighted by Gasteiger charge is 2.14. The lowest BCUT2D eigenvalue weighted by Gasteiger charge is -2.01. The number of rotatable bonds is 2. The Bertz CT molecular complexity index is 343. The minimum absolute atomic E-state index is 0.172. The SMILES string of the molecule is O=[N+]([O-])c1ccc(C(F)F)c(I)c1. The third kappa shape index (κ3) is 2.33. The van der Waals surface area contributed by atoms with Crippen LogP contribution in [-0.2, 0) is 0 Å². The maximum absolute atomic E-state index is 12.2. The molecule has 0 heterocycles. The van der Waals surface area contributed by atoms with Gasteiger partial charge in [0.1, 0.15) is 0 Å². The Kier molecular flexibility index (Phi) is 3.12. The van der Waals surface area contributed by atoms with Gasteiger partial charge in [-0.2, -0.15) is 0 Å². The smallest absolute Gasteiger partial charge is 0.258 e. The van der Waals surface area contributed by atoms with E-state index < -0.39 is 11.3 Å². The van der Waals surface area contributed by atoms with E-state index >= 15 is 0 Å². The van der Waals surface area contributed by atoms with E-state index in [0.717, 1.165) is 18.2 Å². The van der Waals surface area contributed by atoms with Gasteiger partial charge in [-0.05, 0) is 28.7 Å². The van der Waals surface area contributed by atoms with Gasteiger partial charge in [-0.25, -0.2) is 8.78 Å². The van der Waals surface area contributed by atoms with E-state index in [2.05, 4.69) is 0 Å². The zero-order chi connectivity index (χ0) is 10.0. The minimum atomic E-state index is -2.59. The average molecular weight is 299 g/mol. The molecule has 0 bridgehead atoms. The average Bonchev–Trinajstić information content (AvgIpc) is 2.03. The Hall–Kier alpha value is -0.790. The maximum Gasteiger partial charge on any atom is 0.270 e. The molecule has 70 valence electrons. The summed E-state index contributed by atoms with van der Waals surface area (Å²) in [6, 6.07) is 3.27. The van der Waals surface area contributed by atoms with E-state index in [1.54, 1.807) is 22.6 Å². The van der Waals surface area contributed by atoms with Gasteiger partial charge in [0.2, 0.25) is 0 Å². The van der Waals surface area contributed by atoms with Crippen LogP contribution in [0.5, 0.6) is 0 Å². The van der Waals surface area contributed by atoms with Crippen molar-refractivity contribution in [2.24, 2.45) is 0 Å². The molecule has 0 aliphatic rings. The fourth-order valence-electron chi connectivity index (χ4n) is 0.807. The van der Waals surface area contributed by atoms with Crippen molar-refractivity contribution < 1.29 is 13.7 Å². The molecule has 6 heteroatoms. The zero-order valence-corrected chi connectivity index (χ0v) is 8.36. The number of hydrogen-bond acceptors (Lipinski definition) is 2. The highest BCUT2D eigenvalue weighted by molar-refractivity contribution is 14.1. The molecule has 3 nitrogen and oxygen atoms in total. The summed E-state index contributed by atoms with van der Waals surface area (Å²) >= 11 is 1.65. The molecule has 0 spiro atoms. The predicted octanol–water partition coefficient (Wildman–Crippen LogP) is 3.14. The Morgan fingerprint density at radius 3 is 2.46 bits per heavy atom. The molecule has 0 unspecified atom stereocenters. The first-order valence-electron chi connectivity index (χ1n) is 3.24. The van der Waals surface area contributed by atoms with Crippen LogP contribution in [0.3, 0.4) is 0 Å². The van der Waals surface area contributed by atoms with Crippen molar-refractivity contribution in [3.8, 4) is 0 Å². The molecule has 0 saturated carbocycles. The normalized spacial score (nSPS) is 10.5. The highest BCUT2D eigenvalue weighted by atomic mass is 127. The molecule has 0 radical (unpaired) electrons. The molecular weight excluding hydrogens is 295 g/mol. The molecule has 0 fully saturated rings. The topological polar surface area (TPSA) is 43.1 Å². The van der Waals surface area contributed by atoms with Crippen molar-refractivity contribution in [3.63, 3.8) is 0 Å². The second-order valence-corrected chi connectivity index (χ2v) is 3.43. The van der Waals surface area contributed by atoms with Crippen LogP contribution in [0, 0.1) is 13.7 Å². The van der Waals surface area contributed by atoms with Crippen molar-refractivity contribution in [1.29, 1.82) is 0 Å². The molecule has 0 aromatic heterocycles. The first-order valence-corrected chi connectivity index (χ1v) is 4.32. The Labute approximate surface area is 86.0 Å². The fraction of sp³-hybridized carbons (Fsp3) is 0.143. The summed E-state index contributed by atoms with van der Waals surface area (Å²) in [4.78, 5) is 9.64. The second-order valence-electron chi connectivity index (χ2n) is 2.26. The molecule has 0 aliphatic heterocycles. The molecule has 0 aliphatic carbocycles. The summed E-state index contributed by atoms with van der Waals surface area (Å²) in [7, 11) is 0. The maximum atomic E-state index is 12.2. The molecular formula is C7H4F2INO2. The number of nitro benzene ring substituents is 1. The summed E-state index contributed by atoms with van der Waals surface area (Å²) in [6.07, 6.45) is -2.59. The van der Waals surface area contributed by atoms with E-state index in [-0.39, 0.29) is 14.8 Å². The van der Waals surface area contributed by atoms with Gasteiger partial charge in [0.25, 0.3) is 12.1 Å². The Morgan fingerprint density at radius 1 is 1.46 bits per heavy atom. The lowest BCUT2D eigenvalue weighted by molar-refractivity contribution is -0.385. The third-order valence-electron chi connectivity index (χ3n) is 1.43. The van der Waals surface area contributed by atoms with Crippen molar-refractivity contribution in [1.82, 2.24) is 0 Å². The Morgan fingerprint density at radius 2 is 2.08 bits per heavy atom. The van der Waals surface area contributed by atoms with Crippen molar-refractivity contribution in [3.05, 3.63) is 37.4 Å². The van der Waals surface area contributed by atoms with Crippen LogP contribution in [0.15, 0.2) is 18.2 Å². The second kappa shape index (κ2) is 3.95. The van der Waals surface area contributed by atoms with Gasteiger partial charge < -0.3 is 0 Å². The Balaban J connectivity index is 3.13. The highest BCUT2D eigenvalue weighted by Crippen LogP contribution is 2.27. The van der Waals surface area contributed by atoms with Crippen LogP contribution < -0.4 is 0 Å². The lowest BCUT2D eigenvalue weighted by atomic mass is 10.2. The molecule has 0 amide bonds. The number of halogens is 3. The van der Waals surface area contributed by atoms with E-state index in [4.69, 9.17) is 0 Å². The monoisotopic (exact) mass is 299 g/mol. The summed E-state index contributed by atoms with van der Waals surface area (Å²) in [5.41, 5.74) is -0.347. The number of alkyl halides is 2. The van der Waals surface area contributed by atoms with Crippen LogP contribution in [-0.4, -0.2) is 4.92 Å². The molecule has 0 saturated heterocycles. The van der Waals surface area contributed by atoms with Gasteiger partial charge >= 0.3 is 0 Å². The third-order valence-corrected chi connectivity index (χ3v) is 2.36. The van der Waals surface area contributed by atoms with Gasteiger partial charge in [-0.3, -0.25) is 10.1 Å². The number of non-ortho nitro benzene ring substituents is 1.